The zero-order valence-corrected chi connectivity index (χ0v) is 12.5. The number of carbonyl (C=O) groups is 1. The van der Waals surface area contributed by atoms with E-state index in [-0.39, 0.29) is 5.78 Å². The first-order valence-corrected chi connectivity index (χ1v) is 7.72. The van der Waals surface area contributed by atoms with E-state index in [0.717, 1.165) is 11.3 Å². The highest BCUT2D eigenvalue weighted by atomic mass is 79.9. The van der Waals surface area contributed by atoms with Gasteiger partial charge in [-0.1, -0.05) is 12.1 Å². The monoisotopic (exact) mass is 326 g/mol. The summed E-state index contributed by atoms with van der Waals surface area (Å²) in [5.41, 5.74) is 0.771. The van der Waals surface area contributed by atoms with Crippen LogP contribution in [0.25, 0.3) is 0 Å². The molecule has 0 aliphatic rings. The average Bonchev–Trinajstić information content (AvgIpc) is 2.73. The maximum atomic E-state index is 11.1. The minimum absolute atomic E-state index is 0.115. The fourth-order valence-electron chi connectivity index (χ4n) is 1.37. The Morgan fingerprint density at radius 2 is 1.94 bits per heavy atom. The number of hydrogen-bond acceptors (Lipinski definition) is 3. The molecule has 0 N–H and O–H groups in total. The normalized spacial score (nSPS) is 10.5. The van der Waals surface area contributed by atoms with Gasteiger partial charge in [-0.05, 0) is 47.1 Å². The minimum atomic E-state index is 0.115. The third kappa shape index (κ3) is 3.69. The third-order valence-corrected chi connectivity index (χ3v) is 5.14. The second-order valence-corrected chi connectivity index (χ2v) is 7.17. The Kier molecular flexibility index (Phi) is 4.42. The lowest BCUT2D eigenvalue weighted by Gasteiger charge is -2.01. The lowest BCUT2D eigenvalue weighted by Crippen LogP contribution is -1.90. The summed E-state index contributed by atoms with van der Waals surface area (Å²) in [5, 5.41) is 0. The summed E-state index contributed by atoms with van der Waals surface area (Å²) in [6, 6.07) is 12.0. The molecule has 0 radical (unpaired) electrons. The van der Waals surface area contributed by atoms with Crippen molar-refractivity contribution in [2.45, 2.75) is 17.6 Å². The second kappa shape index (κ2) is 5.85. The van der Waals surface area contributed by atoms with Crippen molar-refractivity contribution < 1.29 is 4.79 Å². The van der Waals surface area contributed by atoms with Gasteiger partial charge in [0.05, 0.1) is 3.79 Å². The summed E-state index contributed by atoms with van der Waals surface area (Å²) in [6.07, 6.45) is 0. The molecular formula is C13H11BrOS2. The van der Waals surface area contributed by atoms with Crippen LogP contribution in [-0.4, -0.2) is 5.78 Å². The van der Waals surface area contributed by atoms with E-state index in [1.165, 1.54) is 13.6 Å². The zero-order valence-electron chi connectivity index (χ0n) is 9.27. The summed E-state index contributed by atoms with van der Waals surface area (Å²) >= 11 is 7.00. The number of halogens is 1. The predicted molar refractivity (Wildman–Crippen MR) is 78.0 cm³/mol. The van der Waals surface area contributed by atoms with Gasteiger partial charge in [-0.2, -0.15) is 0 Å². The molecule has 1 nitrogen and oxygen atoms in total. The van der Waals surface area contributed by atoms with E-state index in [4.69, 9.17) is 0 Å². The van der Waals surface area contributed by atoms with Crippen LogP contribution in [0.4, 0.5) is 0 Å². The Bertz CT molecular complexity index is 516. The van der Waals surface area contributed by atoms with Crippen molar-refractivity contribution in [1.29, 1.82) is 0 Å². The summed E-state index contributed by atoms with van der Waals surface area (Å²) < 4.78 is 1.17. The van der Waals surface area contributed by atoms with E-state index in [0.29, 0.717) is 0 Å². The summed E-state index contributed by atoms with van der Waals surface area (Å²) in [7, 11) is 0. The molecule has 4 heteroatoms. The van der Waals surface area contributed by atoms with Crippen molar-refractivity contribution in [2.75, 3.05) is 0 Å². The van der Waals surface area contributed by atoms with Crippen LogP contribution in [0, 0.1) is 0 Å². The molecular weight excluding hydrogens is 316 g/mol. The molecule has 17 heavy (non-hydrogen) atoms. The Morgan fingerprint density at radius 1 is 1.24 bits per heavy atom. The van der Waals surface area contributed by atoms with Crippen molar-refractivity contribution in [2.24, 2.45) is 0 Å². The standard InChI is InChI=1S/C13H11BrOS2/c1-9(15)10-2-4-11(5-3-10)16-8-12-6-7-13(14)17-12/h2-7H,8H2,1H3. The van der Waals surface area contributed by atoms with Crippen molar-refractivity contribution in [3.05, 3.63) is 50.6 Å². The maximum Gasteiger partial charge on any atom is 0.159 e. The number of rotatable bonds is 4. The Balaban J connectivity index is 1.97. The summed E-state index contributed by atoms with van der Waals surface area (Å²) in [6.45, 7) is 1.59. The quantitative estimate of drug-likeness (QED) is 0.580. The van der Waals surface area contributed by atoms with Crippen molar-refractivity contribution in [3.8, 4) is 0 Å². The molecule has 0 amide bonds. The fourth-order valence-corrected chi connectivity index (χ4v) is 3.79. The SMILES string of the molecule is CC(=O)c1ccc(SCc2ccc(Br)s2)cc1. The fraction of sp³-hybridized carbons (Fsp3) is 0.154. The van der Waals surface area contributed by atoms with E-state index < -0.39 is 0 Å². The lowest BCUT2D eigenvalue weighted by atomic mass is 10.2. The first-order valence-electron chi connectivity index (χ1n) is 5.13. The average molecular weight is 327 g/mol. The molecule has 0 saturated carbocycles. The second-order valence-electron chi connectivity index (χ2n) is 3.58. The highest BCUT2D eigenvalue weighted by Crippen LogP contribution is 2.29. The highest BCUT2D eigenvalue weighted by molar-refractivity contribution is 9.11. The molecule has 0 bridgehead atoms. The number of thiophene rings is 1. The van der Waals surface area contributed by atoms with Gasteiger partial charge in [0.1, 0.15) is 0 Å². The van der Waals surface area contributed by atoms with Gasteiger partial charge in [-0.15, -0.1) is 23.1 Å². The lowest BCUT2D eigenvalue weighted by molar-refractivity contribution is 0.101. The van der Waals surface area contributed by atoms with Crippen LogP contribution in [0.15, 0.2) is 45.1 Å². The van der Waals surface area contributed by atoms with Gasteiger partial charge >= 0.3 is 0 Å². The van der Waals surface area contributed by atoms with E-state index in [2.05, 4.69) is 28.1 Å². The van der Waals surface area contributed by atoms with E-state index in [1.54, 1.807) is 30.0 Å². The number of benzene rings is 1. The smallest absolute Gasteiger partial charge is 0.159 e. The van der Waals surface area contributed by atoms with Crippen molar-refractivity contribution in [3.63, 3.8) is 0 Å². The van der Waals surface area contributed by atoms with Gasteiger partial charge in [-0.3, -0.25) is 4.79 Å². The van der Waals surface area contributed by atoms with Gasteiger partial charge in [0.25, 0.3) is 0 Å². The molecule has 0 aliphatic heterocycles. The van der Waals surface area contributed by atoms with E-state index in [9.17, 15) is 4.79 Å². The maximum absolute atomic E-state index is 11.1. The largest absolute Gasteiger partial charge is 0.295 e. The van der Waals surface area contributed by atoms with Crippen molar-refractivity contribution in [1.82, 2.24) is 0 Å². The molecule has 0 aliphatic carbocycles. The van der Waals surface area contributed by atoms with Crippen LogP contribution in [-0.2, 0) is 5.75 Å². The molecule has 2 aromatic rings. The summed E-state index contributed by atoms with van der Waals surface area (Å²) in [4.78, 5) is 13.7. The van der Waals surface area contributed by atoms with Gasteiger partial charge in [0.2, 0.25) is 0 Å². The molecule has 0 atom stereocenters. The number of thioether (sulfide) groups is 1. The molecule has 1 aromatic carbocycles. The molecule has 1 aromatic heterocycles. The predicted octanol–water partition coefficient (Wildman–Crippen LogP) is 5.01. The number of ketones is 1. The van der Waals surface area contributed by atoms with E-state index in [1.807, 2.05) is 24.3 Å². The topological polar surface area (TPSA) is 17.1 Å². The first-order chi connectivity index (χ1) is 8.15. The molecule has 2 rings (SSSR count). The Labute approximate surface area is 117 Å². The van der Waals surface area contributed by atoms with Crippen molar-refractivity contribution >= 4 is 44.8 Å². The number of carbonyl (C=O) groups excluding carboxylic acids is 1. The number of Topliss-reactive ketones (excluding diaryl/α,β-unsaturated/α-hetero) is 1. The van der Waals surface area contributed by atoms with Crippen LogP contribution in [0.2, 0.25) is 0 Å². The molecule has 0 fully saturated rings. The van der Waals surface area contributed by atoms with Gasteiger partial charge in [0, 0.05) is 21.1 Å². The molecule has 88 valence electrons. The Morgan fingerprint density at radius 3 is 2.47 bits per heavy atom. The minimum Gasteiger partial charge on any atom is -0.295 e. The van der Waals surface area contributed by atoms with Crippen LogP contribution in [0.3, 0.4) is 0 Å². The molecule has 0 unspecified atom stereocenters. The highest BCUT2D eigenvalue weighted by Gasteiger charge is 2.01. The first kappa shape index (κ1) is 12.9. The zero-order chi connectivity index (χ0) is 12.3. The number of hydrogen-bond donors (Lipinski definition) is 0. The van der Waals surface area contributed by atoms with Gasteiger partial charge in [-0.25, -0.2) is 0 Å². The van der Waals surface area contributed by atoms with Crippen LogP contribution in [0.5, 0.6) is 0 Å². The molecule has 0 spiro atoms. The molecule has 1 heterocycles. The van der Waals surface area contributed by atoms with E-state index >= 15 is 0 Å². The van der Waals surface area contributed by atoms with Crippen LogP contribution in [0.1, 0.15) is 22.2 Å². The van der Waals surface area contributed by atoms with Gasteiger partial charge in [0.15, 0.2) is 5.78 Å². The molecule has 0 saturated heterocycles. The third-order valence-electron chi connectivity index (χ3n) is 2.27. The Hall–Kier alpha value is -0.580. The summed E-state index contributed by atoms with van der Waals surface area (Å²) in [5.74, 6) is 1.08. The van der Waals surface area contributed by atoms with Gasteiger partial charge < -0.3 is 0 Å². The van der Waals surface area contributed by atoms with Crippen LogP contribution >= 0.6 is 39.0 Å². The van der Waals surface area contributed by atoms with Crippen LogP contribution < -0.4 is 0 Å².